The van der Waals surface area contributed by atoms with Gasteiger partial charge >= 0.3 is 0 Å². The molecule has 0 aromatic heterocycles. The Morgan fingerprint density at radius 1 is 0.944 bits per heavy atom. The predicted molar refractivity (Wildman–Crippen MR) is 65.8 cm³/mol. The summed E-state index contributed by atoms with van der Waals surface area (Å²) in [4.78, 5) is 1.36. The van der Waals surface area contributed by atoms with Crippen molar-refractivity contribution in [2.45, 2.75) is 6.54 Å². The van der Waals surface area contributed by atoms with Crippen LogP contribution in [0.4, 0.5) is 14.5 Å². The van der Waals surface area contributed by atoms with Crippen LogP contribution < -0.4 is 4.90 Å². The van der Waals surface area contributed by atoms with E-state index in [2.05, 4.69) is 0 Å². The average molecular weight is 244 g/mol. The van der Waals surface area contributed by atoms with Crippen molar-refractivity contribution in [3.63, 3.8) is 0 Å². The van der Waals surface area contributed by atoms with Crippen LogP contribution in [0.25, 0.3) is 0 Å². The molecule has 90 valence electrons. The van der Waals surface area contributed by atoms with E-state index >= 15 is 0 Å². The lowest BCUT2D eigenvalue weighted by molar-refractivity contribution is 0.582. The molecule has 0 radical (unpaired) electrons. The Kier molecular flexibility index (Phi) is 2.37. The first kappa shape index (κ1) is 10.9. The molecule has 0 unspecified atom stereocenters. The maximum atomic E-state index is 13.7. The lowest BCUT2D eigenvalue weighted by atomic mass is 10.1. The number of amidine groups is 1. The molecule has 1 aliphatic heterocycles. The number of nitrogens with one attached hydrogen (secondary N) is 1. The van der Waals surface area contributed by atoms with E-state index in [0.717, 1.165) is 11.1 Å². The number of benzene rings is 2. The van der Waals surface area contributed by atoms with E-state index in [-0.39, 0.29) is 11.5 Å². The van der Waals surface area contributed by atoms with Gasteiger partial charge in [-0.05, 0) is 17.7 Å². The highest BCUT2D eigenvalue weighted by atomic mass is 19.1. The Balaban J connectivity index is 2.10. The van der Waals surface area contributed by atoms with E-state index in [1.807, 2.05) is 18.2 Å². The normalized spacial score (nSPS) is 13.9. The van der Waals surface area contributed by atoms with Gasteiger partial charge in [-0.3, -0.25) is 5.41 Å². The van der Waals surface area contributed by atoms with Gasteiger partial charge in [0.25, 0.3) is 0 Å². The van der Waals surface area contributed by atoms with Crippen LogP contribution in [0.1, 0.15) is 11.1 Å². The fourth-order valence-corrected chi connectivity index (χ4v) is 2.22. The summed E-state index contributed by atoms with van der Waals surface area (Å²) in [5.74, 6) is -1.16. The summed E-state index contributed by atoms with van der Waals surface area (Å²) in [5, 5.41) is 8.01. The summed E-state index contributed by atoms with van der Waals surface area (Å²) < 4.78 is 27.4. The van der Waals surface area contributed by atoms with Crippen molar-refractivity contribution < 1.29 is 8.78 Å². The molecule has 2 nitrogen and oxygen atoms in total. The van der Waals surface area contributed by atoms with Gasteiger partial charge in [-0.15, -0.1) is 0 Å². The summed E-state index contributed by atoms with van der Waals surface area (Å²) in [5.41, 5.74) is 1.48. The van der Waals surface area contributed by atoms with Gasteiger partial charge in [-0.2, -0.15) is 0 Å². The zero-order valence-corrected chi connectivity index (χ0v) is 9.45. The van der Waals surface area contributed by atoms with Crippen LogP contribution in [0.5, 0.6) is 0 Å². The summed E-state index contributed by atoms with van der Waals surface area (Å²) in [7, 11) is 0. The molecule has 0 bridgehead atoms. The molecule has 0 atom stereocenters. The molecule has 0 fully saturated rings. The number of halogens is 2. The Bertz CT molecular complexity index is 617. The standard InChI is InChI=1S/C14H10F2N2/c15-11-6-3-7-12(16)13(11)18-8-9-4-1-2-5-10(9)14(18)17/h1-7,17H,8H2. The highest BCUT2D eigenvalue weighted by Crippen LogP contribution is 2.31. The third-order valence-electron chi connectivity index (χ3n) is 3.08. The molecule has 0 spiro atoms. The Labute approximate surface area is 103 Å². The SMILES string of the molecule is N=C1c2ccccc2CN1c1c(F)cccc1F. The minimum atomic E-state index is -0.646. The second-order valence-electron chi connectivity index (χ2n) is 4.16. The summed E-state index contributed by atoms with van der Waals surface area (Å²) in [6.07, 6.45) is 0. The highest BCUT2D eigenvalue weighted by Gasteiger charge is 2.28. The number of fused-ring (bicyclic) bond motifs is 1. The molecular formula is C14H10F2N2. The summed E-state index contributed by atoms with van der Waals surface area (Å²) >= 11 is 0. The minimum Gasteiger partial charge on any atom is -0.317 e. The predicted octanol–water partition coefficient (Wildman–Crippen LogP) is 3.31. The zero-order valence-electron chi connectivity index (χ0n) is 9.45. The van der Waals surface area contributed by atoms with Gasteiger partial charge in [0.05, 0.1) is 6.54 Å². The van der Waals surface area contributed by atoms with Crippen molar-refractivity contribution in [1.29, 1.82) is 5.41 Å². The molecule has 1 aliphatic rings. The van der Waals surface area contributed by atoms with Crippen molar-refractivity contribution in [1.82, 2.24) is 0 Å². The monoisotopic (exact) mass is 244 g/mol. The van der Waals surface area contributed by atoms with Crippen molar-refractivity contribution in [3.8, 4) is 0 Å². The zero-order chi connectivity index (χ0) is 12.7. The van der Waals surface area contributed by atoms with Crippen molar-refractivity contribution in [2.75, 3.05) is 4.90 Å². The Hall–Kier alpha value is -2.23. The van der Waals surface area contributed by atoms with E-state index in [9.17, 15) is 8.78 Å². The van der Waals surface area contributed by atoms with Gasteiger partial charge in [0.15, 0.2) is 0 Å². The maximum absolute atomic E-state index is 13.7. The summed E-state index contributed by atoms with van der Waals surface area (Å²) in [6.45, 7) is 0.326. The van der Waals surface area contributed by atoms with Crippen LogP contribution >= 0.6 is 0 Å². The molecule has 0 aliphatic carbocycles. The van der Waals surface area contributed by atoms with Crippen LogP contribution in [0.3, 0.4) is 0 Å². The molecular weight excluding hydrogens is 234 g/mol. The maximum Gasteiger partial charge on any atom is 0.149 e. The molecule has 0 amide bonds. The minimum absolute atomic E-state index is 0.134. The number of hydrogen-bond donors (Lipinski definition) is 1. The van der Waals surface area contributed by atoms with Gasteiger partial charge < -0.3 is 4.90 Å². The number of hydrogen-bond acceptors (Lipinski definition) is 1. The van der Waals surface area contributed by atoms with Crippen LogP contribution in [-0.4, -0.2) is 5.84 Å². The van der Waals surface area contributed by atoms with Gasteiger partial charge in [-0.1, -0.05) is 30.3 Å². The number of anilines is 1. The van der Waals surface area contributed by atoms with E-state index in [0.29, 0.717) is 6.54 Å². The first-order chi connectivity index (χ1) is 8.68. The molecule has 4 heteroatoms. The topological polar surface area (TPSA) is 27.1 Å². The highest BCUT2D eigenvalue weighted by molar-refractivity contribution is 6.11. The lowest BCUT2D eigenvalue weighted by Gasteiger charge is -2.19. The van der Waals surface area contributed by atoms with E-state index in [1.54, 1.807) is 6.07 Å². The quantitative estimate of drug-likeness (QED) is 0.818. The van der Waals surface area contributed by atoms with Gasteiger partial charge in [0, 0.05) is 5.56 Å². The van der Waals surface area contributed by atoms with E-state index < -0.39 is 11.6 Å². The van der Waals surface area contributed by atoms with Gasteiger partial charge in [0.1, 0.15) is 23.2 Å². The first-order valence-corrected chi connectivity index (χ1v) is 5.57. The third-order valence-corrected chi connectivity index (χ3v) is 3.08. The molecule has 1 N–H and O–H groups in total. The number of nitrogens with zero attached hydrogens (tertiary/aromatic N) is 1. The smallest absolute Gasteiger partial charge is 0.149 e. The third kappa shape index (κ3) is 1.49. The first-order valence-electron chi connectivity index (χ1n) is 5.57. The molecule has 18 heavy (non-hydrogen) atoms. The fourth-order valence-electron chi connectivity index (χ4n) is 2.22. The second kappa shape index (κ2) is 3.91. The van der Waals surface area contributed by atoms with Crippen LogP contribution in [-0.2, 0) is 6.54 Å². The number of rotatable bonds is 1. The van der Waals surface area contributed by atoms with Crippen LogP contribution in [0, 0.1) is 17.0 Å². The van der Waals surface area contributed by atoms with Gasteiger partial charge in [0.2, 0.25) is 0 Å². The van der Waals surface area contributed by atoms with Crippen molar-refractivity contribution in [3.05, 3.63) is 65.2 Å². The van der Waals surface area contributed by atoms with Crippen LogP contribution in [0.2, 0.25) is 0 Å². The average Bonchev–Trinajstić information content (AvgIpc) is 2.68. The van der Waals surface area contributed by atoms with Crippen molar-refractivity contribution >= 4 is 11.5 Å². The molecule has 1 heterocycles. The molecule has 3 rings (SSSR count). The fraction of sp³-hybridized carbons (Fsp3) is 0.0714. The van der Waals surface area contributed by atoms with Crippen LogP contribution in [0.15, 0.2) is 42.5 Å². The summed E-state index contributed by atoms with van der Waals surface area (Å²) in [6, 6.07) is 11.0. The number of para-hydroxylation sites is 1. The molecule has 0 saturated carbocycles. The second-order valence-corrected chi connectivity index (χ2v) is 4.16. The molecule has 2 aromatic rings. The van der Waals surface area contributed by atoms with E-state index in [4.69, 9.17) is 5.41 Å². The molecule has 2 aromatic carbocycles. The largest absolute Gasteiger partial charge is 0.317 e. The Morgan fingerprint density at radius 3 is 2.28 bits per heavy atom. The Morgan fingerprint density at radius 2 is 1.61 bits per heavy atom. The van der Waals surface area contributed by atoms with E-state index in [1.165, 1.54) is 23.1 Å². The lowest BCUT2D eigenvalue weighted by Crippen LogP contribution is -2.25. The van der Waals surface area contributed by atoms with Crippen molar-refractivity contribution in [2.24, 2.45) is 0 Å². The molecule has 0 saturated heterocycles. The van der Waals surface area contributed by atoms with Gasteiger partial charge in [-0.25, -0.2) is 8.78 Å².